The molecule has 2 heterocycles. The fourth-order valence-corrected chi connectivity index (χ4v) is 2.25. The number of hydrogen-bond donors (Lipinski definition) is 2. The van der Waals surface area contributed by atoms with Crippen molar-refractivity contribution in [3.8, 4) is 0 Å². The van der Waals surface area contributed by atoms with E-state index in [1.165, 1.54) is 0 Å². The Bertz CT molecular complexity index is 502. The molecule has 1 aromatic heterocycles. The molecule has 0 radical (unpaired) electrons. The van der Waals surface area contributed by atoms with Crippen molar-refractivity contribution in [2.75, 3.05) is 26.2 Å². The van der Waals surface area contributed by atoms with Crippen LogP contribution in [0.1, 0.15) is 12.0 Å². The lowest BCUT2D eigenvalue weighted by atomic mass is 10.2. The van der Waals surface area contributed by atoms with Crippen molar-refractivity contribution in [3.05, 3.63) is 18.0 Å². The van der Waals surface area contributed by atoms with E-state index in [1.54, 1.807) is 15.8 Å². The van der Waals surface area contributed by atoms with Gasteiger partial charge in [0.15, 0.2) is 0 Å². The molecule has 21 heavy (non-hydrogen) atoms. The molecule has 0 bridgehead atoms. The second-order valence-electron chi connectivity index (χ2n) is 5.04. The largest absolute Gasteiger partial charge is 0.481 e. The number of carboxylic acid groups (broad SMARTS) is 1. The zero-order valence-corrected chi connectivity index (χ0v) is 12.0. The molecule has 8 nitrogen and oxygen atoms in total. The van der Waals surface area contributed by atoms with Crippen LogP contribution in [0.25, 0.3) is 0 Å². The summed E-state index contributed by atoms with van der Waals surface area (Å²) >= 11 is 0. The molecular weight excluding hydrogens is 276 g/mol. The minimum absolute atomic E-state index is 0.0839. The number of rotatable bonds is 5. The molecule has 2 amide bonds. The molecular formula is C13H20N4O4. The summed E-state index contributed by atoms with van der Waals surface area (Å²) in [6.07, 6.45) is 3.87. The summed E-state index contributed by atoms with van der Waals surface area (Å²) in [7, 11) is 1.85. The van der Waals surface area contributed by atoms with Crippen molar-refractivity contribution in [2.24, 2.45) is 7.05 Å². The second-order valence-corrected chi connectivity index (χ2v) is 5.04. The van der Waals surface area contributed by atoms with Gasteiger partial charge in [-0.05, 0) is 12.0 Å². The number of nitrogens with zero attached hydrogens (tertiary/aromatic N) is 3. The van der Waals surface area contributed by atoms with Gasteiger partial charge in [0.2, 0.25) is 0 Å². The number of ether oxygens (including phenoxy) is 1. The van der Waals surface area contributed by atoms with E-state index in [2.05, 4.69) is 10.4 Å². The van der Waals surface area contributed by atoms with Crippen molar-refractivity contribution in [3.63, 3.8) is 0 Å². The van der Waals surface area contributed by atoms with E-state index in [1.807, 2.05) is 13.2 Å². The van der Waals surface area contributed by atoms with Crippen LogP contribution in [0.15, 0.2) is 12.4 Å². The van der Waals surface area contributed by atoms with Crippen LogP contribution >= 0.6 is 0 Å². The van der Waals surface area contributed by atoms with E-state index in [0.29, 0.717) is 32.7 Å². The fraction of sp³-hybridized carbons (Fsp3) is 0.615. The third-order valence-corrected chi connectivity index (χ3v) is 3.28. The highest BCUT2D eigenvalue weighted by Crippen LogP contribution is 2.08. The number of carboxylic acids is 1. The van der Waals surface area contributed by atoms with Crippen LogP contribution in [0.3, 0.4) is 0 Å². The molecule has 0 spiro atoms. The lowest BCUT2D eigenvalue weighted by Crippen LogP contribution is -2.50. The minimum Gasteiger partial charge on any atom is -0.481 e. The maximum Gasteiger partial charge on any atom is 0.317 e. The van der Waals surface area contributed by atoms with Gasteiger partial charge in [0.05, 0.1) is 25.3 Å². The number of carbonyl (C=O) groups is 2. The number of urea groups is 1. The summed E-state index contributed by atoms with van der Waals surface area (Å²) in [5.41, 5.74) is 1.06. The number of aryl methyl sites for hydroxylation is 1. The molecule has 1 aliphatic rings. The monoisotopic (exact) mass is 296 g/mol. The Labute approximate surface area is 122 Å². The van der Waals surface area contributed by atoms with Gasteiger partial charge in [-0.15, -0.1) is 0 Å². The molecule has 1 unspecified atom stereocenters. The van der Waals surface area contributed by atoms with Crippen molar-refractivity contribution >= 4 is 12.0 Å². The van der Waals surface area contributed by atoms with Crippen LogP contribution in [0.2, 0.25) is 0 Å². The highest BCUT2D eigenvalue weighted by atomic mass is 16.5. The molecule has 2 rings (SSSR count). The van der Waals surface area contributed by atoms with E-state index in [0.717, 1.165) is 5.56 Å². The molecule has 0 saturated carbocycles. The Kier molecular flexibility index (Phi) is 5.15. The zero-order valence-electron chi connectivity index (χ0n) is 12.0. The average molecular weight is 296 g/mol. The van der Waals surface area contributed by atoms with E-state index in [4.69, 9.17) is 9.84 Å². The molecule has 116 valence electrons. The normalized spacial score (nSPS) is 18.5. The Hall–Kier alpha value is -2.09. The third kappa shape index (κ3) is 4.75. The predicted molar refractivity (Wildman–Crippen MR) is 73.9 cm³/mol. The number of morpholine rings is 1. The summed E-state index contributed by atoms with van der Waals surface area (Å²) in [6, 6.07) is -0.183. The SMILES string of the molecule is Cn1cc(CCNC(=O)N2CCOC(CC(=O)O)C2)cn1. The summed E-state index contributed by atoms with van der Waals surface area (Å²) < 4.78 is 7.05. The number of carbonyl (C=O) groups excluding carboxylic acids is 1. The number of hydrogen-bond acceptors (Lipinski definition) is 4. The van der Waals surface area contributed by atoms with Crippen LogP contribution < -0.4 is 5.32 Å². The first-order valence-corrected chi connectivity index (χ1v) is 6.88. The zero-order chi connectivity index (χ0) is 15.2. The Morgan fingerprint density at radius 2 is 2.38 bits per heavy atom. The van der Waals surface area contributed by atoms with Gasteiger partial charge in [-0.3, -0.25) is 9.48 Å². The lowest BCUT2D eigenvalue weighted by Gasteiger charge is -2.32. The first-order chi connectivity index (χ1) is 10.0. The predicted octanol–water partition coefficient (Wildman–Crippen LogP) is -0.152. The van der Waals surface area contributed by atoms with Gasteiger partial charge in [0.1, 0.15) is 0 Å². The van der Waals surface area contributed by atoms with Gasteiger partial charge in [0, 0.05) is 32.9 Å². The van der Waals surface area contributed by atoms with Crippen LogP contribution in [0, 0.1) is 0 Å². The molecule has 1 aromatic rings. The number of aliphatic carboxylic acids is 1. The molecule has 2 N–H and O–H groups in total. The highest BCUT2D eigenvalue weighted by molar-refractivity contribution is 5.74. The molecule has 1 atom stereocenters. The quantitative estimate of drug-likeness (QED) is 0.787. The Morgan fingerprint density at radius 1 is 1.57 bits per heavy atom. The van der Waals surface area contributed by atoms with Gasteiger partial charge in [-0.1, -0.05) is 0 Å². The van der Waals surface area contributed by atoms with E-state index < -0.39 is 12.1 Å². The van der Waals surface area contributed by atoms with Gasteiger partial charge in [-0.2, -0.15) is 5.10 Å². The van der Waals surface area contributed by atoms with Crippen molar-refractivity contribution in [1.29, 1.82) is 0 Å². The maximum atomic E-state index is 12.0. The smallest absolute Gasteiger partial charge is 0.317 e. The Morgan fingerprint density at radius 3 is 3.05 bits per heavy atom. The van der Waals surface area contributed by atoms with Crippen molar-refractivity contribution in [2.45, 2.75) is 18.9 Å². The van der Waals surface area contributed by atoms with Crippen LogP contribution in [0.5, 0.6) is 0 Å². The van der Waals surface area contributed by atoms with Gasteiger partial charge in [-0.25, -0.2) is 4.79 Å². The lowest BCUT2D eigenvalue weighted by molar-refractivity contribution is -0.141. The molecule has 0 aromatic carbocycles. The number of nitrogens with one attached hydrogen (secondary N) is 1. The van der Waals surface area contributed by atoms with Crippen molar-refractivity contribution < 1.29 is 19.4 Å². The maximum absolute atomic E-state index is 12.0. The van der Waals surface area contributed by atoms with Gasteiger partial charge < -0.3 is 20.1 Å². The third-order valence-electron chi connectivity index (χ3n) is 3.28. The molecule has 1 aliphatic heterocycles. The average Bonchev–Trinajstić information content (AvgIpc) is 2.84. The van der Waals surface area contributed by atoms with Gasteiger partial charge >= 0.3 is 12.0 Å². The molecule has 8 heteroatoms. The topological polar surface area (TPSA) is 96.7 Å². The first kappa shape index (κ1) is 15.3. The highest BCUT2D eigenvalue weighted by Gasteiger charge is 2.25. The van der Waals surface area contributed by atoms with Gasteiger partial charge in [0.25, 0.3) is 0 Å². The number of aromatic nitrogens is 2. The van der Waals surface area contributed by atoms with E-state index in [9.17, 15) is 9.59 Å². The number of amides is 2. The molecule has 0 aliphatic carbocycles. The van der Waals surface area contributed by atoms with Crippen LogP contribution in [-0.2, 0) is 23.0 Å². The summed E-state index contributed by atoms with van der Waals surface area (Å²) in [5.74, 6) is -0.918. The summed E-state index contributed by atoms with van der Waals surface area (Å²) in [4.78, 5) is 24.3. The second kappa shape index (κ2) is 7.07. The fourth-order valence-electron chi connectivity index (χ4n) is 2.25. The van der Waals surface area contributed by atoms with Crippen LogP contribution in [0.4, 0.5) is 4.79 Å². The van der Waals surface area contributed by atoms with E-state index >= 15 is 0 Å². The first-order valence-electron chi connectivity index (χ1n) is 6.88. The van der Waals surface area contributed by atoms with Crippen molar-refractivity contribution in [1.82, 2.24) is 20.0 Å². The molecule has 1 fully saturated rings. The summed E-state index contributed by atoms with van der Waals surface area (Å²) in [5, 5.41) is 15.6. The molecule has 1 saturated heterocycles. The van der Waals surface area contributed by atoms with Crippen LogP contribution in [-0.4, -0.2) is 64.1 Å². The Balaban J connectivity index is 1.73. The van der Waals surface area contributed by atoms with E-state index in [-0.39, 0.29) is 12.5 Å². The summed E-state index contributed by atoms with van der Waals surface area (Å²) in [6.45, 7) is 1.68. The minimum atomic E-state index is -0.918. The standard InChI is InChI=1S/C13H20N4O4/c1-16-8-10(7-15-16)2-3-14-13(20)17-4-5-21-11(9-17)6-12(18)19/h7-8,11H,2-6,9H2,1H3,(H,14,20)(H,18,19).